The molecule has 1 N–H and O–H groups in total. The van der Waals surface area contributed by atoms with Crippen molar-refractivity contribution in [2.45, 2.75) is 58.1 Å². The molecule has 1 saturated heterocycles. The van der Waals surface area contributed by atoms with Gasteiger partial charge in [0.2, 0.25) is 0 Å². The number of aliphatic hydroxyl groups is 1. The van der Waals surface area contributed by atoms with Crippen molar-refractivity contribution < 1.29 is 5.11 Å². The predicted octanol–water partition coefficient (Wildman–Crippen LogP) is 1.95. The smallest absolute Gasteiger partial charge is 0.0695 e. The van der Waals surface area contributed by atoms with Gasteiger partial charge in [0.05, 0.1) is 6.10 Å². The lowest BCUT2D eigenvalue weighted by Gasteiger charge is -2.32. The van der Waals surface area contributed by atoms with Crippen LogP contribution in [0.5, 0.6) is 0 Å². The van der Waals surface area contributed by atoms with Crippen LogP contribution in [0.25, 0.3) is 0 Å². The molecule has 1 rings (SSSR count). The molecule has 0 aromatic heterocycles. The molecule has 0 amide bonds. The monoisotopic (exact) mass is 242 g/mol. The third kappa shape index (κ3) is 4.94. The lowest BCUT2D eigenvalue weighted by atomic mass is 10.0. The third-order valence-corrected chi connectivity index (χ3v) is 3.98. The van der Waals surface area contributed by atoms with E-state index in [1.54, 1.807) is 0 Å². The molecule has 0 bridgehead atoms. The summed E-state index contributed by atoms with van der Waals surface area (Å²) in [5, 5.41) is 10.1. The Morgan fingerprint density at radius 1 is 1.24 bits per heavy atom. The van der Waals surface area contributed by atoms with Crippen LogP contribution in [0.1, 0.15) is 46.0 Å². The quantitative estimate of drug-likeness (QED) is 0.705. The Hall–Kier alpha value is -0.120. The second-order valence-corrected chi connectivity index (χ2v) is 5.36. The van der Waals surface area contributed by atoms with Gasteiger partial charge < -0.3 is 10.0 Å². The van der Waals surface area contributed by atoms with Crippen LogP contribution in [-0.4, -0.2) is 60.3 Å². The van der Waals surface area contributed by atoms with Gasteiger partial charge in [0.25, 0.3) is 0 Å². The first-order valence-electron chi connectivity index (χ1n) is 7.29. The first kappa shape index (κ1) is 14.9. The molecule has 3 heteroatoms. The summed E-state index contributed by atoms with van der Waals surface area (Å²) in [4.78, 5) is 4.88. The van der Waals surface area contributed by atoms with Gasteiger partial charge in [0, 0.05) is 19.1 Å². The first-order valence-corrected chi connectivity index (χ1v) is 7.29. The van der Waals surface area contributed by atoms with E-state index in [2.05, 4.69) is 30.7 Å². The van der Waals surface area contributed by atoms with Crippen LogP contribution in [-0.2, 0) is 0 Å². The van der Waals surface area contributed by atoms with Gasteiger partial charge in [-0.15, -0.1) is 0 Å². The van der Waals surface area contributed by atoms with Crippen LogP contribution in [0.15, 0.2) is 0 Å². The molecule has 17 heavy (non-hydrogen) atoms. The SMILES string of the molecule is CCCC(O)C(CC)N(C)CCN1CCCC1. The number of likely N-dealkylation sites (tertiary alicyclic amines) is 1. The van der Waals surface area contributed by atoms with E-state index < -0.39 is 0 Å². The highest BCUT2D eigenvalue weighted by Gasteiger charge is 2.21. The molecule has 0 spiro atoms. The molecule has 2 unspecified atom stereocenters. The van der Waals surface area contributed by atoms with E-state index in [4.69, 9.17) is 0 Å². The van der Waals surface area contributed by atoms with Crippen LogP contribution >= 0.6 is 0 Å². The zero-order valence-electron chi connectivity index (χ0n) is 11.9. The molecule has 1 fully saturated rings. The predicted molar refractivity (Wildman–Crippen MR) is 73.3 cm³/mol. The summed E-state index contributed by atoms with van der Waals surface area (Å²) in [5.41, 5.74) is 0. The molecular formula is C14H30N2O. The molecule has 0 saturated carbocycles. The Kier molecular flexibility index (Phi) is 7.09. The van der Waals surface area contributed by atoms with Crippen molar-refractivity contribution in [3.63, 3.8) is 0 Å². The fraction of sp³-hybridized carbons (Fsp3) is 1.00. The average molecular weight is 242 g/mol. The maximum atomic E-state index is 10.1. The summed E-state index contributed by atoms with van der Waals surface area (Å²) in [6, 6.07) is 0.331. The minimum absolute atomic E-state index is 0.159. The van der Waals surface area contributed by atoms with Gasteiger partial charge in [-0.1, -0.05) is 20.3 Å². The number of hydrogen-bond donors (Lipinski definition) is 1. The van der Waals surface area contributed by atoms with E-state index in [0.717, 1.165) is 32.4 Å². The van der Waals surface area contributed by atoms with Gasteiger partial charge >= 0.3 is 0 Å². The van der Waals surface area contributed by atoms with Crippen molar-refractivity contribution in [1.29, 1.82) is 0 Å². The highest BCUT2D eigenvalue weighted by molar-refractivity contribution is 4.77. The average Bonchev–Trinajstić information content (AvgIpc) is 2.80. The summed E-state index contributed by atoms with van der Waals surface area (Å²) in [5.74, 6) is 0. The van der Waals surface area contributed by atoms with Crippen LogP contribution in [0.4, 0.5) is 0 Å². The molecule has 1 aliphatic heterocycles. The standard InChI is InChI=1S/C14H30N2O/c1-4-8-14(17)13(5-2)15(3)11-12-16-9-6-7-10-16/h13-14,17H,4-12H2,1-3H3. The Labute approximate surface area is 107 Å². The topological polar surface area (TPSA) is 26.7 Å². The van der Waals surface area contributed by atoms with E-state index in [-0.39, 0.29) is 6.10 Å². The van der Waals surface area contributed by atoms with Gasteiger partial charge in [-0.2, -0.15) is 0 Å². The summed E-state index contributed by atoms with van der Waals surface area (Å²) in [6.07, 6.45) is 5.59. The number of rotatable bonds is 8. The maximum Gasteiger partial charge on any atom is 0.0695 e. The van der Waals surface area contributed by atoms with Crippen molar-refractivity contribution in [2.75, 3.05) is 33.2 Å². The van der Waals surface area contributed by atoms with Gasteiger partial charge in [0.15, 0.2) is 0 Å². The van der Waals surface area contributed by atoms with Gasteiger partial charge in [-0.3, -0.25) is 4.90 Å². The second-order valence-electron chi connectivity index (χ2n) is 5.36. The summed E-state index contributed by atoms with van der Waals surface area (Å²) in [6.45, 7) is 9.09. The number of hydrogen-bond acceptors (Lipinski definition) is 3. The minimum Gasteiger partial charge on any atom is -0.391 e. The van der Waals surface area contributed by atoms with Crippen LogP contribution in [0, 0.1) is 0 Å². The molecule has 0 radical (unpaired) electrons. The van der Waals surface area contributed by atoms with Gasteiger partial charge in [0.1, 0.15) is 0 Å². The van der Waals surface area contributed by atoms with E-state index in [1.807, 2.05) is 0 Å². The molecule has 1 aliphatic rings. The van der Waals surface area contributed by atoms with Crippen LogP contribution < -0.4 is 0 Å². The maximum absolute atomic E-state index is 10.1. The molecular weight excluding hydrogens is 212 g/mol. The highest BCUT2D eigenvalue weighted by Crippen LogP contribution is 2.13. The molecule has 0 aromatic rings. The lowest BCUT2D eigenvalue weighted by molar-refractivity contribution is 0.0503. The third-order valence-electron chi connectivity index (χ3n) is 3.98. The van der Waals surface area contributed by atoms with Gasteiger partial charge in [-0.05, 0) is 45.8 Å². The molecule has 0 aliphatic carbocycles. The fourth-order valence-corrected chi connectivity index (χ4v) is 2.84. The van der Waals surface area contributed by atoms with Gasteiger partial charge in [-0.25, -0.2) is 0 Å². The number of nitrogens with zero attached hydrogens (tertiary/aromatic N) is 2. The zero-order valence-corrected chi connectivity index (χ0v) is 11.9. The Balaban J connectivity index is 2.29. The molecule has 102 valence electrons. The van der Waals surface area contributed by atoms with Crippen LogP contribution in [0.3, 0.4) is 0 Å². The number of aliphatic hydroxyl groups excluding tert-OH is 1. The van der Waals surface area contributed by atoms with E-state index >= 15 is 0 Å². The Morgan fingerprint density at radius 3 is 2.41 bits per heavy atom. The van der Waals surface area contributed by atoms with E-state index in [1.165, 1.54) is 25.9 Å². The number of likely N-dealkylation sites (N-methyl/N-ethyl adjacent to an activating group) is 1. The molecule has 3 nitrogen and oxygen atoms in total. The fourth-order valence-electron chi connectivity index (χ4n) is 2.84. The van der Waals surface area contributed by atoms with E-state index in [0.29, 0.717) is 6.04 Å². The summed E-state index contributed by atoms with van der Waals surface area (Å²) in [7, 11) is 2.16. The molecule has 2 atom stereocenters. The molecule has 0 aromatic carbocycles. The summed E-state index contributed by atoms with van der Waals surface area (Å²) < 4.78 is 0. The van der Waals surface area contributed by atoms with Crippen LogP contribution in [0.2, 0.25) is 0 Å². The van der Waals surface area contributed by atoms with E-state index in [9.17, 15) is 5.11 Å². The van der Waals surface area contributed by atoms with Crippen molar-refractivity contribution in [3.8, 4) is 0 Å². The second kappa shape index (κ2) is 8.06. The Bertz CT molecular complexity index is 193. The zero-order chi connectivity index (χ0) is 12.7. The van der Waals surface area contributed by atoms with Crippen molar-refractivity contribution >= 4 is 0 Å². The largest absolute Gasteiger partial charge is 0.391 e. The molecule has 1 heterocycles. The lowest BCUT2D eigenvalue weighted by Crippen LogP contribution is -2.44. The van der Waals surface area contributed by atoms with Crippen molar-refractivity contribution in [2.24, 2.45) is 0 Å². The summed E-state index contributed by atoms with van der Waals surface area (Å²) >= 11 is 0. The highest BCUT2D eigenvalue weighted by atomic mass is 16.3. The van der Waals surface area contributed by atoms with Crippen molar-refractivity contribution in [3.05, 3.63) is 0 Å². The first-order chi connectivity index (χ1) is 8.19. The normalized spacial score (nSPS) is 21.0. The van der Waals surface area contributed by atoms with Crippen molar-refractivity contribution in [1.82, 2.24) is 9.80 Å². The minimum atomic E-state index is -0.159. The Morgan fingerprint density at radius 2 is 1.88 bits per heavy atom.